The highest BCUT2D eigenvalue weighted by Crippen LogP contribution is 2.16. The second-order valence-corrected chi connectivity index (χ2v) is 6.32. The zero-order valence-electron chi connectivity index (χ0n) is 12.3. The molecule has 2 N–H and O–H groups in total. The van der Waals surface area contributed by atoms with Crippen molar-refractivity contribution in [1.82, 2.24) is 4.90 Å². The number of nitrogens with zero attached hydrogens (tertiary/aromatic N) is 2. The highest BCUT2D eigenvalue weighted by atomic mass is 15.2. The van der Waals surface area contributed by atoms with E-state index < -0.39 is 5.54 Å². The Bertz CT molecular complexity index is 241. The van der Waals surface area contributed by atoms with E-state index in [9.17, 15) is 0 Å². The van der Waals surface area contributed by atoms with Gasteiger partial charge in [0.25, 0.3) is 0 Å². The Kier molecular flexibility index (Phi) is 6.74. The zero-order valence-corrected chi connectivity index (χ0v) is 12.3. The maximum atomic E-state index is 8.99. The Labute approximate surface area is 107 Å². The summed E-state index contributed by atoms with van der Waals surface area (Å²) in [7, 11) is 0. The molecular formula is C14H29N3. The number of hydrogen-bond donors (Lipinski definition) is 1. The van der Waals surface area contributed by atoms with Crippen LogP contribution < -0.4 is 5.73 Å². The number of rotatable bonds is 7. The molecule has 0 saturated carbocycles. The first-order chi connectivity index (χ1) is 7.68. The minimum absolute atomic E-state index is 0.356. The van der Waals surface area contributed by atoms with Crippen LogP contribution in [0.1, 0.15) is 48.0 Å². The van der Waals surface area contributed by atoms with E-state index in [0.29, 0.717) is 17.9 Å². The second-order valence-electron chi connectivity index (χ2n) is 6.32. The Morgan fingerprint density at radius 2 is 1.53 bits per heavy atom. The van der Waals surface area contributed by atoms with Crippen molar-refractivity contribution in [2.45, 2.75) is 59.5 Å². The van der Waals surface area contributed by atoms with Gasteiger partial charge in [-0.15, -0.1) is 0 Å². The normalized spacial score (nSPS) is 17.2. The first kappa shape index (κ1) is 16.4. The fraction of sp³-hybridized carbons (Fsp3) is 0.929. The number of nitriles is 1. The van der Waals surface area contributed by atoms with E-state index in [0.717, 1.165) is 19.5 Å². The summed E-state index contributed by atoms with van der Waals surface area (Å²) in [5.74, 6) is 1.28. The van der Waals surface area contributed by atoms with Crippen LogP contribution in [-0.4, -0.2) is 29.6 Å². The molecule has 0 rings (SSSR count). The molecule has 0 spiro atoms. The van der Waals surface area contributed by atoms with Gasteiger partial charge < -0.3 is 10.6 Å². The maximum absolute atomic E-state index is 8.99. The standard InChI is InChI=1S/C14H29N3/c1-11(2)8-17(9-12(3)4)13(5)7-14(6,16)10-15/h11-13H,7-9,16H2,1-6H3. The molecule has 0 aromatic carbocycles. The fourth-order valence-corrected chi connectivity index (χ4v) is 2.16. The van der Waals surface area contributed by atoms with Crippen molar-refractivity contribution in [3.63, 3.8) is 0 Å². The molecule has 0 radical (unpaired) electrons. The summed E-state index contributed by atoms with van der Waals surface area (Å²) in [6.45, 7) is 15.0. The Morgan fingerprint density at radius 3 is 1.82 bits per heavy atom. The highest BCUT2D eigenvalue weighted by molar-refractivity contribution is 5.02. The first-order valence-corrected chi connectivity index (χ1v) is 6.62. The predicted octanol–water partition coefficient (Wildman–Crippen LogP) is 2.62. The van der Waals surface area contributed by atoms with Gasteiger partial charge in [0.2, 0.25) is 0 Å². The van der Waals surface area contributed by atoms with Crippen molar-refractivity contribution in [3.8, 4) is 6.07 Å². The van der Waals surface area contributed by atoms with E-state index in [4.69, 9.17) is 11.0 Å². The smallest absolute Gasteiger partial charge is 0.102 e. The Balaban J connectivity index is 4.52. The lowest BCUT2D eigenvalue weighted by Crippen LogP contribution is -2.46. The molecule has 0 aromatic rings. The van der Waals surface area contributed by atoms with E-state index in [1.807, 2.05) is 6.92 Å². The Morgan fingerprint density at radius 1 is 1.12 bits per heavy atom. The maximum Gasteiger partial charge on any atom is 0.102 e. The molecule has 0 bridgehead atoms. The van der Waals surface area contributed by atoms with Gasteiger partial charge in [-0.3, -0.25) is 0 Å². The van der Waals surface area contributed by atoms with Crippen molar-refractivity contribution in [2.75, 3.05) is 13.1 Å². The predicted molar refractivity (Wildman–Crippen MR) is 73.5 cm³/mol. The number of hydrogen-bond acceptors (Lipinski definition) is 3. The summed E-state index contributed by atoms with van der Waals surface area (Å²) in [6, 6.07) is 2.54. The summed E-state index contributed by atoms with van der Waals surface area (Å²) >= 11 is 0. The van der Waals surface area contributed by atoms with E-state index >= 15 is 0 Å². The van der Waals surface area contributed by atoms with Gasteiger partial charge in [0, 0.05) is 19.1 Å². The third-order valence-corrected chi connectivity index (χ3v) is 2.80. The van der Waals surface area contributed by atoms with Gasteiger partial charge in [-0.1, -0.05) is 27.7 Å². The zero-order chi connectivity index (χ0) is 13.6. The molecule has 17 heavy (non-hydrogen) atoms. The van der Waals surface area contributed by atoms with Gasteiger partial charge in [-0.05, 0) is 32.1 Å². The van der Waals surface area contributed by atoms with E-state index in [-0.39, 0.29) is 0 Å². The van der Waals surface area contributed by atoms with Crippen molar-refractivity contribution in [2.24, 2.45) is 17.6 Å². The van der Waals surface area contributed by atoms with Crippen LogP contribution in [0.4, 0.5) is 0 Å². The van der Waals surface area contributed by atoms with Crippen molar-refractivity contribution < 1.29 is 0 Å². The molecule has 2 atom stereocenters. The molecule has 100 valence electrons. The van der Waals surface area contributed by atoms with Crippen LogP contribution in [0, 0.1) is 23.2 Å². The lowest BCUT2D eigenvalue weighted by molar-refractivity contribution is 0.148. The van der Waals surface area contributed by atoms with Gasteiger partial charge in [-0.2, -0.15) is 5.26 Å². The van der Waals surface area contributed by atoms with Crippen LogP contribution in [0.2, 0.25) is 0 Å². The SMILES string of the molecule is CC(C)CN(CC(C)C)C(C)CC(C)(N)C#N. The fourth-order valence-electron chi connectivity index (χ4n) is 2.16. The molecule has 0 amide bonds. The molecule has 0 aliphatic rings. The summed E-state index contributed by atoms with van der Waals surface area (Å²) < 4.78 is 0. The molecule has 0 heterocycles. The first-order valence-electron chi connectivity index (χ1n) is 6.62. The third kappa shape index (κ3) is 7.36. The lowest BCUT2D eigenvalue weighted by atomic mass is 9.95. The van der Waals surface area contributed by atoms with Crippen LogP contribution >= 0.6 is 0 Å². The molecule has 2 unspecified atom stereocenters. The molecule has 0 saturated heterocycles. The molecular weight excluding hydrogens is 210 g/mol. The molecule has 3 heteroatoms. The average molecular weight is 239 g/mol. The van der Waals surface area contributed by atoms with E-state index in [1.165, 1.54) is 0 Å². The quantitative estimate of drug-likeness (QED) is 0.743. The lowest BCUT2D eigenvalue weighted by Gasteiger charge is -2.34. The highest BCUT2D eigenvalue weighted by Gasteiger charge is 2.25. The summed E-state index contributed by atoms with van der Waals surface area (Å²) in [5.41, 5.74) is 5.21. The molecule has 3 nitrogen and oxygen atoms in total. The van der Waals surface area contributed by atoms with Gasteiger partial charge in [-0.25, -0.2) is 0 Å². The van der Waals surface area contributed by atoms with Crippen LogP contribution in [0.5, 0.6) is 0 Å². The molecule has 0 aliphatic heterocycles. The molecule has 0 fully saturated rings. The van der Waals surface area contributed by atoms with Crippen LogP contribution in [-0.2, 0) is 0 Å². The summed E-state index contributed by atoms with van der Waals surface area (Å²) in [4.78, 5) is 2.46. The van der Waals surface area contributed by atoms with Gasteiger partial charge >= 0.3 is 0 Å². The summed E-state index contributed by atoms with van der Waals surface area (Å²) in [6.07, 6.45) is 0.725. The minimum Gasteiger partial charge on any atom is -0.314 e. The van der Waals surface area contributed by atoms with E-state index in [2.05, 4.69) is 45.6 Å². The largest absolute Gasteiger partial charge is 0.314 e. The van der Waals surface area contributed by atoms with Gasteiger partial charge in [0.15, 0.2) is 0 Å². The Hall–Kier alpha value is -0.590. The third-order valence-electron chi connectivity index (χ3n) is 2.80. The van der Waals surface area contributed by atoms with Crippen LogP contribution in [0.25, 0.3) is 0 Å². The average Bonchev–Trinajstić information content (AvgIpc) is 2.14. The monoisotopic (exact) mass is 239 g/mol. The van der Waals surface area contributed by atoms with Gasteiger partial charge in [0.05, 0.1) is 6.07 Å². The van der Waals surface area contributed by atoms with Gasteiger partial charge in [0.1, 0.15) is 5.54 Å². The molecule has 0 aromatic heterocycles. The van der Waals surface area contributed by atoms with Crippen molar-refractivity contribution in [3.05, 3.63) is 0 Å². The minimum atomic E-state index is -0.717. The van der Waals surface area contributed by atoms with Crippen molar-refractivity contribution in [1.29, 1.82) is 5.26 Å². The van der Waals surface area contributed by atoms with Crippen molar-refractivity contribution >= 4 is 0 Å². The van der Waals surface area contributed by atoms with E-state index in [1.54, 1.807) is 0 Å². The van der Waals surface area contributed by atoms with Crippen LogP contribution in [0.3, 0.4) is 0 Å². The van der Waals surface area contributed by atoms with Crippen LogP contribution in [0.15, 0.2) is 0 Å². The topological polar surface area (TPSA) is 53.0 Å². The second kappa shape index (κ2) is 6.98. The number of nitrogens with two attached hydrogens (primary N) is 1. The molecule has 0 aliphatic carbocycles. The summed E-state index contributed by atoms with van der Waals surface area (Å²) in [5, 5.41) is 8.99.